The van der Waals surface area contributed by atoms with Crippen molar-refractivity contribution in [1.82, 2.24) is 0 Å². The molecule has 0 fully saturated rings. The maximum Gasteiger partial charge on any atom is 0.161 e. The lowest BCUT2D eigenvalue weighted by molar-refractivity contribution is 0.276. The molecular weight excluding hydrogens is 298 g/mol. The second-order valence-corrected chi connectivity index (χ2v) is 5.36. The van der Waals surface area contributed by atoms with Crippen LogP contribution in [0.4, 0.5) is 5.69 Å². The molecule has 0 aliphatic rings. The molecule has 2 aromatic carbocycles. The molecule has 0 spiro atoms. The molecule has 2 aromatic rings. The Labute approximate surface area is 137 Å². The van der Waals surface area contributed by atoms with E-state index in [9.17, 15) is 0 Å². The van der Waals surface area contributed by atoms with Crippen molar-refractivity contribution in [2.45, 2.75) is 26.8 Å². The third-order valence-corrected chi connectivity index (χ3v) is 3.33. The lowest BCUT2D eigenvalue weighted by atomic mass is 10.2. The van der Waals surface area contributed by atoms with Gasteiger partial charge in [-0.05, 0) is 49.2 Å². The van der Waals surface area contributed by atoms with Crippen molar-refractivity contribution >= 4 is 17.3 Å². The summed E-state index contributed by atoms with van der Waals surface area (Å²) < 4.78 is 11.4. The number of halogens is 1. The average Bonchev–Trinajstić information content (AvgIpc) is 2.52. The maximum absolute atomic E-state index is 5.99. The monoisotopic (exact) mass is 319 g/mol. The average molecular weight is 320 g/mol. The molecule has 1 N–H and O–H groups in total. The maximum atomic E-state index is 5.99. The summed E-state index contributed by atoms with van der Waals surface area (Å²) in [6, 6.07) is 13.7. The molecule has 0 aromatic heterocycles. The van der Waals surface area contributed by atoms with E-state index >= 15 is 0 Å². The van der Waals surface area contributed by atoms with Crippen LogP contribution in [0.5, 0.6) is 11.5 Å². The van der Waals surface area contributed by atoms with E-state index in [4.69, 9.17) is 21.1 Å². The van der Waals surface area contributed by atoms with Gasteiger partial charge in [-0.1, -0.05) is 30.7 Å². The smallest absolute Gasteiger partial charge is 0.161 e. The van der Waals surface area contributed by atoms with Crippen molar-refractivity contribution < 1.29 is 9.47 Å². The zero-order chi connectivity index (χ0) is 15.8. The van der Waals surface area contributed by atoms with Crippen LogP contribution in [0.25, 0.3) is 0 Å². The largest absolute Gasteiger partial charge is 0.490 e. The van der Waals surface area contributed by atoms with Gasteiger partial charge >= 0.3 is 0 Å². The summed E-state index contributed by atoms with van der Waals surface area (Å²) in [5.74, 6) is 1.59. The number of hydrogen-bond donors (Lipinski definition) is 1. The number of nitrogens with one attached hydrogen (secondary N) is 1. The Bertz CT molecular complexity index is 601. The number of rotatable bonds is 8. The van der Waals surface area contributed by atoms with E-state index < -0.39 is 0 Å². The third kappa shape index (κ3) is 4.85. The van der Waals surface area contributed by atoms with E-state index in [2.05, 4.69) is 12.2 Å². The van der Waals surface area contributed by atoms with Gasteiger partial charge in [0, 0.05) is 17.3 Å². The number of ether oxygens (including phenoxy) is 2. The number of anilines is 1. The second-order valence-electron chi connectivity index (χ2n) is 4.93. The van der Waals surface area contributed by atoms with Crippen molar-refractivity contribution in [2.24, 2.45) is 0 Å². The van der Waals surface area contributed by atoms with Gasteiger partial charge in [-0.15, -0.1) is 0 Å². The molecule has 3 nitrogen and oxygen atoms in total. The lowest BCUT2D eigenvalue weighted by Gasteiger charge is -2.13. The van der Waals surface area contributed by atoms with Gasteiger partial charge in [-0.3, -0.25) is 0 Å². The highest BCUT2D eigenvalue weighted by Crippen LogP contribution is 2.29. The molecule has 4 heteroatoms. The molecule has 2 rings (SSSR count). The number of benzene rings is 2. The van der Waals surface area contributed by atoms with Crippen LogP contribution in [0.3, 0.4) is 0 Å². The molecule has 0 bridgehead atoms. The molecule has 0 heterocycles. The molecule has 118 valence electrons. The normalized spacial score (nSPS) is 10.3. The van der Waals surface area contributed by atoms with E-state index in [1.807, 2.05) is 49.4 Å². The molecular formula is C18H22ClNO2. The van der Waals surface area contributed by atoms with Gasteiger partial charge in [0.15, 0.2) is 11.5 Å². The van der Waals surface area contributed by atoms with Gasteiger partial charge in [0.05, 0.1) is 13.2 Å². The minimum Gasteiger partial charge on any atom is -0.490 e. The summed E-state index contributed by atoms with van der Waals surface area (Å²) in [6.07, 6.45) is 0.976. The van der Waals surface area contributed by atoms with E-state index in [0.717, 1.165) is 34.2 Å². The summed E-state index contributed by atoms with van der Waals surface area (Å²) in [6.45, 7) is 6.08. The van der Waals surface area contributed by atoms with E-state index in [-0.39, 0.29) is 0 Å². The topological polar surface area (TPSA) is 30.5 Å². The summed E-state index contributed by atoms with van der Waals surface area (Å²) in [5.41, 5.74) is 2.13. The zero-order valence-corrected chi connectivity index (χ0v) is 13.8. The standard InChI is InChI=1S/C18H22ClNO2/c1-3-10-22-17-9-8-14(11-18(17)21-4-2)13-20-16-7-5-6-15(19)12-16/h5-9,11-12,20H,3-4,10,13H2,1-2H3. The van der Waals surface area contributed by atoms with Gasteiger partial charge in [0.1, 0.15) is 0 Å². The molecule has 0 radical (unpaired) electrons. The Morgan fingerprint density at radius 2 is 1.86 bits per heavy atom. The first-order chi connectivity index (χ1) is 10.7. The molecule has 0 atom stereocenters. The van der Waals surface area contributed by atoms with E-state index in [1.54, 1.807) is 0 Å². The molecule has 0 amide bonds. The summed E-state index contributed by atoms with van der Waals surface area (Å²) in [4.78, 5) is 0. The predicted molar refractivity (Wildman–Crippen MR) is 92.2 cm³/mol. The highest BCUT2D eigenvalue weighted by atomic mass is 35.5. The van der Waals surface area contributed by atoms with Crippen LogP contribution in [0.2, 0.25) is 5.02 Å². The Morgan fingerprint density at radius 1 is 1.00 bits per heavy atom. The van der Waals surface area contributed by atoms with Crippen LogP contribution in [-0.4, -0.2) is 13.2 Å². The van der Waals surface area contributed by atoms with Gasteiger partial charge in [-0.2, -0.15) is 0 Å². The fraction of sp³-hybridized carbons (Fsp3) is 0.333. The summed E-state index contributed by atoms with van der Waals surface area (Å²) in [7, 11) is 0. The summed E-state index contributed by atoms with van der Waals surface area (Å²) >= 11 is 5.99. The first-order valence-electron chi connectivity index (χ1n) is 7.61. The highest BCUT2D eigenvalue weighted by Gasteiger charge is 2.06. The third-order valence-electron chi connectivity index (χ3n) is 3.09. The molecule has 0 saturated carbocycles. The minimum atomic E-state index is 0.619. The van der Waals surface area contributed by atoms with Gasteiger partial charge in [-0.25, -0.2) is 0 Å². The first kappa shape index (κ1) is 16.5. The van der Waals surface area contributed by atoms with Crippen LogP contribution in [0.1, 0.15) is 25.8 Å². The fourth-order valence-corrected chi connectivity index (χ4v) is 2.25. The van der Waals surface area contributed by atoms with Crippen LogP contribution in [0.15, 0.2) is 42.5 Å². The van der Waals surface area contributed by atoms with Crippen LogP contribution < -0.4 is 14.8 Å². The lowest BCUT2D eigenvalue weighted by Crippen LogP contribution is -2.03. The number of hydrogen-bond acceptors (Lipinski definition) is 3. The van der Waals surface area contributed by atoms with Gasteiger partial charge in [0.25, 0.3) is 0 Å². The molecule has 22 heavy (non-hydrogen) atoms. The Kier molecular flexibility index (Phi) is 6.41. The van der Waals surface area contributed by atoms with Crippen LogP contribution in [-0.2, 0) is 6.54 Å². The first-order valence-corrected chi connectivity index (χ1v) is 7.98. The van der Waals surface area contributed by atoms with E-state index in [1.165, 1.54) is 0 Å². The van der Waals surface area contributed by atoms with Gasteiger partial charge in [0.2, 0.25) is 0 Å². The van der Waals surface area contributed by atoms with Crippen LogP contribution >= 0.6 is 11.6 Å². The Balaban J connectivity index is 2.05. The highest BCUT2D eigenvalue weighted by molar-refractivity contribution is 6.30. The van der Waals surface area contributed by atoms with Crippen molar-refractivity contribution in [1.29, 1.82) is 0 Å². The SMILES string of the molecule is CCCOc1ccc(CNc2cccc(Cl)c2)cc1OCC. The molecule has 0 saturated heterocycles. The van der Waals surface area contributed by atoms with Crippen LogP contribution in [0, 0.1) is 0 Å². The fourth-order valence-electron chi connectivity index (χ4n) is 2.06. The molecule has 0 unspecified atom stereocenters. The van der Waals surface area contributed by atoms with E-state index in [0.29, 0.717) is 19.8 Å². The summed E-state index contributed by atoms with van der Waals surface area (Å²) in [5, 5.41) is 4.08. The molecule has 0 aliphatic heterocycles. The van der Waals surface area contributed by atoms with Crippen molar-refractivity contribution in [3.63, 3.8) is 0 Å². The predicted octanol–water partition coefficient (Wildman–Crippen LogP) is 5.14. The molecule has 0 aliphatic carbocycles. The Morgan fingerprint density at radius 3 is 2.59 bits per heavy atom. The zero-order valence-electron chi connectivity index (χ0n) is 13.1. The van der Waals surface area contributed by atoms with Crippen molar-refractivity contribution in [3.05, 3.63) is 53.1 Å². The Hall–Kier alpha value is -1.87. The van der Waals surface area contributed by atoms with Crippen molar-refractivity contribution in [3.8, 4) is 11.5 Å². The van der Waals surface area contributed by atoms with Crippen molar-refractivity contribution in [2.75, 3.05) is 18.5 Å². The minimum absolute atomic E-state index is 0.619. The quantitative estimate of drug-likeness (QED) is 0.730. The second kappa shape index (κ2) is 8.54. The van der Waals surface area contributed by atoms with Gasteiger partial charge < -0.3 is 14.8 Å².